The molecule has 0 bridgehead atoms. The predicted octanol–water partition coefficient (Wildman–Crippen LogP) is 1.85. The van der Waals surface area contributed by atoms with E-state index in [1.54, 1.807) is 19.4 Å². The minimum absolute atomic E-state index is 0.148. The van der Waals surface area contributed by atoms with Crippen LogP contribution in [0.1, 0.15) is 24.2 Å². The molecule has 0 radical (unpaired) electrons. The van der Waals surface area contributed by atoms with Crippen LogP contribution in [-0.2, 0) is 4.79 Å². The van der Waals surface area contributed by atoms with Crippen LogP contribution >= 0.6 is 11.3 Å². The third-order valence-corrected chi connectivity index (χ3v) is 5.01. The quantitative estimate of drug-likeness (QED) is 0.485. The van der Waals surface area contributed by atoms with Crippen molar-refractivity contribution in [2.24, 2.45) is 17.4 Å². The van der Waals surface area contributed by atoms with Crippen molar-refractivity contribution in [1.29, 1.82) is 0 Å². The molecule has 2 amide bonds. The third-order valence-electron chi connectivity index (χ3n) is 4.20. The summed E-state index contributed by atoms with van der Waals surface area (Å²) in [7, 11) is 0. The number of anilines is 3. The van der Waals surface area contributed by atoms with Crippen molar-refractivity contribution in [3.05, 3.63) is 35.5 Å². The summed E-state index contributed by atoms with van der Waals surface area (Å²) in [5.41, 5.74) is 14.2. The Bertz CT molecular complexity index is 1000. The number of nitrogens with two attached hydrogens (primary N) is 2. The van der Waals surface area contributed by atoms with Crippen LogP contribution in [0.25, 0.3) is 10.2 Å². The summed E-state index contributed by atoms with van der Waals surface area (Å²) < 4.78 is 1.05. The molecule has 0 aliphatic carbocycles. The van der Waals surface area contributed by atoms with Crippen LogP contribution in [0.5, 0.6) is 0 Å². The molecule has 3 aromatic rings. The fourth-order valence-electron chi connectivity index (χ4n) is 2.37. The van der Waals surface area contributed by atoms with Crippen molar-refractivity contribution >= 4 is 50.8 Å². The average Bonchev–Trinajstić information content (AvgIpc) is 3.08. The van der Waals surface area contributed by atoms with Gasteiger partial charge < -0.3 is 22.1 Å². The van der Waals surface area contributed by atoms with E-state index in [1.165, 1.54) is 17.5 Å². The molecular formula is C17H19N7O2S. The van der Waals surface area contributed by atoms with Gasteiger partial charge in [0.25, 0.3) is 5.91 Å². The maximum atomic E-state index is 11.7. The smallest absolute Gasteiger partial charge is 0.254 e. The van der Waals surface area contributed by atoms with Crippen LogP contribution in [0.15, 0.2) is 29.9 Å². The van der Waals surface area contributed by atoms with Gasteiger partial charge in [-0.2, -0.15) is 4.98 Å². The molecule has 6 N–H and O–H groups in total. The van der Waals surface area contributed by atoms with Gasteiger partial charge in [-0.25, -0.2) is 9.97 Å². The first kappa shape index (κ1) is 18.5. The molecule has 2 unspecified atom stereocenters. The van der Waals surface area contributed by atoms with E-state index in [1.807, 2.05) is 18.2 Å². The van der Waals surface area contributed by atoms with Gasteiger partial charge in [-0.05, 0) is 25.1 Å². The van der Waals surface area contributed by atoms with Gasteiger partial charge in [0.05, 0.1) is 21.6 Å². The number of primary amides is 2. The number of thiazole rings is 1. The number of rotatable bonds is 7. The lowest BCUT2D eigenvalue weighted by Crippen LogP contribution is -2.34. The molecule has 2 heterocycles. The first-order valence-electron chi connectivity index (χ1n) is 8.18. The Morgan fingerprint density at radius 1 is 1.19 bits per heavy atom. The Morgan fingerprint density at radius 3 is 2.67 bits per heavy atom. The largest absolute Gasteiger partial charge is 0.369 e. The molecule has 0 spiro atoms. The molecule has 3 rings (SSSR count). The number of hydrogen-bond acceptors (Lipinski definition) is 8. The molecule has 2 atom stereocenters. The van der Waals surface area contributed by atoms with Gasteiger partial charge in [0.2, 0.25) is 11.9 Å². The Hall–Kier alpha value is -3.27. The molecule has 9 nitrogen and oxygen atoms in total. The van der Waals surface area contributed by atoms with E-state index in [4.69, 9.17) is 11.5 Å². The monoisotopic (exact) mass is 385 g/mol. The molecule has 0 saturated heterocycles. The highest BCUT2D eigenvalue weighted by Gasteiger charge is 2.19. The molecule has 2 aromatic heterocycles. The number of aromatic nitrogens is 3. The molecule has 0 saturated carbocycles. The zero-order chi connectivity index (χ0) is 19.6. The highest BCUT2D eigenvalue weighted by atomic mass is 32.1. The fraction of sp³-hybridized carbons (Fsp3) is 0.235. The Balaban J connectivity index is 1.89. The average molecular weight is 385 g/mol. The van der Waals surface area contributed by atoms with Gasteiger partial charge in [-0.3, -0.25) is 9.59 Å². The first-order chi connectivity index (χ1) is 12.8. The van der Waals surface area contributed by atoms with Gasteiger partial charge in [-0.1, -0.05) is 6.92 Å². The molecule has 10 heteroatoms. The van der Waals surface area contributed by atoms with Crippen LogP contribution in [0.2, 0.25) is 0 Å². The lowest BCUT2D eigenvalue weighted by atomic mass is 10.0. The summed E-state index contributed by atoms with van der Waals surface area (Å²) in [5.74, 6) is -1.00. The summed E-state index contributed by atoms with van der Waals surface area (Å²) >= 11 is 1.54. The zero-order valence-corrected chi connectivity index (χ0v) is 15.6. The van der Waals surface area contributed by atoms with Gasteiger partial charge in [-0.15, -0.1) is 11.3 Å². The van der Waals surface area contributed by atoms with Crippen molar-refractivity contribution in [2.45, 2.75) is 19.9 Å². The van der Waals surface area contributed by atoms with Crippen LogP contribution < -0.4 is 22.1 Å². The third kappa shape index (κ3) is 4.11. The van der Waals surface area contributed by atoms with Crippen molar-refractivity contribution in [2.75, 3.05) is 10.6 Å². The minimum atomic E-state index is -0.655. The van der Waals surface area contributed by atoms with Crippen molar-refractivity contribution in [3.63, 3.8) is 0 Å². The highest BCUT2D eigenvalue weighted by Crippen LogP contribution is 2.25. The molecule has 27 heavy (non-hydrogen) atoms. The van der Waals surface area contributed by atoms with Crippen LogP contribution in [-0.4, -0.2) is 32.8 Å². The predicted molar refractivity (Wildman–Crippen MR) is 105 cm³/mol. The number of amides is 2. The fourth-order valence-corrected chi connectivity index (χ4v) is 3.03. The summed E-state index contributed by atoms with van der Waals surface area (Å²) in [6.45, 7) is 3.50. The second-order valence-electron chi connectivity index (χ2n) is 6.10. The first-order valence-corrected chi connectivity index (χ1v) is 9.06. The van der Waals surface area contributed by atoms with Crippen molar-refractivity contribution in [3.8, 4) is 0 Å². The number of fused-ring (bicyclic) bond motifs is 1. The van der Waals surface area contributed by atoms with Crippen molar-refractivity contribution in [1.82, 2.24) is 15.0 Å². The van der Waals surface area contributed by atoms with E-state index in [0.717, 1.165) is 10.2 Å². The molecule has 1 aromatic carbocycles. The summed E-state index contributed by atoms with van der Waals surface area (Å²) in [4.78, 5) is 35.8. The minimum Gasteiger partial charge on any atom is -0.369 e. The summed E-state index contributed by atoms with van der Waals surface area (Å²) in [6, 6.07) is 5.35. The molecule has 0 aliphatic heterocycles. The lowest BCUT2D eigenvalue weighted by molar-refractivity contribution is -0.121. The van der Waals surface area contributed by atoms with E-state index in [-0.39, 0.29) is 23.4 Å². The van der Waals surface area contributed by atoms with Gasteiger partial charge in [0.1, 0.15) is 11.4 Å². The van der Waals surface area contributed by atoms with E-state index >= 15 is 0 Å². The number of hydrogen-bond donors (Lipinski definition) is 4. The highest BCUT2D eigenvalue weighted by molar-refractivity contribution is 7.16. The number of nitrogens with zero attached hydrogens (tertiary/aromatic N) is 3. The standard InChI is InChI=1S/C17H19N7O2S/c1-8(14(18)25)9(2)22-17-20-6-11(15(19)26)16(24-17)23-10-3-4-13-12(5-10)21-7-27-13/h3-9H,1-2H3,(H2,18,25)(H2,19,26)(H2,20,22,23,24). The molecular weight excluding hydrogens is 366 g/mol. The number of carbonyl (C=O) groups excluding carboxylic acids is 2. The van der Waals surface area contributed by atoms with Crippen LogP contribution in [0, 0.1) is 5.92 Å². The van der Waals surface area contributed by atoms with E-state index in [9.17, 15) is 9.59 Å². The normalized spacial score (nSPS) is 13.1. The van der Waals surface area contributed by atoms with Crippen LogP contribution in [0.4, 0.5) is 17.5 Å². The van der Waals surface area contributed by atoms with Gasteiger partial charge in [0.15, 0.2) is 0 Å². The van der Waals surface area contributed by atoms with E-state index in [0.29, 0.717) is 5.69 Å². The Morgan fingerprint density at radius 2 is 1.96 bits per heavy atom. The summed E-state index contributed by atoms with van der Waals surface area (Å²) in [5, 5.41) is 6.10. The second-order valence-corrected chi connectivity index (χ2v) is 6.99. The molecule has 0 fully saturated rings. The van der Waals surface area contributed by atoms with E-state index < -0.39 is 17.7 Å². The van der Waals surface area contributed by atoms with Gasteiger partial charge in [0, 0.05) is 17.9 Å². The molecule has 0 aliphatic rings. The Labute approximate surface area is 159 Å². The van der Waals surface area contributed by atoms with Crippen LogP contribution in [0.3, 0.4) is 0 Å². The number of carbonyl (C=O) groups is 2. The van der Waals surface area contributed by atoms with Crippen molar-refractivity contribution < 1.29 is 9.59 Å². The summed E-state index contributed by atoms with van der Waals surface area (Å²) in [6.07, 6.45) is 1.34. The Kier molecular flexibility index (Phi) is 5.17. The zero-order valence-electron chi connectivity index (χ0n) is 14.8. The lowest BCUT2D eigenvalue weighted by Gasteiger charge is -2.19. The number of benzene rings is 1. The SMILES string of the molecule is CC(Nc1ncc(C(N)=O)c(Nc2ccc3scnc3c2)n1)C(C)C(N)=O. The molecule has 140 valence electrons. The maximum absolute atomic E-state index is 11.7. The maximum Gasteiger partial charge on any atom is 0.254 e. The van der Waals surface area contributed by atoms with E-state index in [2.05, 4.69) is 25.6 Å². The second kappa shape index (κ2) is 7.54. The number of nitrogens with one attached hydrogen (secondary N) is 2. The van der Waals surface area contributed by atoms with Gasteiger partial charge >= 0.3 is 0 Å². The topological polar surface area (TPSA) is 149 Å².